The Hall–Kier alpha value is -3.84. The third-order valence-electron chi connectivity index (χ3n) is 4.96. The highest BCUT2D eigenvalue weighted by molar-refractivity contribution is 7.13. The lowest BCUT2D eigenvalue weighted by Crippen LogP contribution is -2.22. The number of pyridine rings is 1. The van der Waals surface area contributed by atoms with Crippen molar-refractivity contribution in [3.63, 3.8) is 0 Å². The number of benzene rings is 1. The van der Waals surface area contributed by atoms with Gasteiger partial charge in [0.05, 0.1) is 10.6 Å². The van der Waals surface area contributed by atoms with Crippen LogP contribution in [-0.4, -0.2) is 17.6 Å². The first-order valence-electron chi connectivity index (χ1n) is 10.5. The molecule has 168 valence electrons. The van der Waals surface area contributed by atoms with Gasteiger partial charge in [0.2, 0.25) is 12.0 Å². The number of esters is 1. The minimum absolute atomic E-state index is 0.0705. The van der Waals surface area contributed by atoms with Crippen molar-refractivity contribution >= 4 is 23.0 Å². The molecular weight excluding hydrogens is 436 g/mol. The van der Waals surface area contributed by atoms with E-state index in [1.54, 1.807) is 23.5 Å². The normalized spacial score (nSPS) is 11.7. The number of hydrogen-bond donors (Lipinski definition) is 1. The molecule has 0 saturated carbocycles. The van der Waals surface area contributed by atoms with Gasteiger partial charge < -0.3 is 19.6 Å². The largest absolute Gasteiger partial charge is 0.461 e. The lowest BCUT2D eigenvalue weighted by molar-refractivity contribution is -0.151. The van der Waals surface area contributed by atoms with Gasteiger partial charge in [-0.15, -0.1) is 11.3 Å². The van der Waals surface area contributed by atoms with E-state index in [2.05, 4.69) is 11.6 Å². The molecule has 0 aliphatic heterocycles. The van der Waals surface area contributed by atoms with E-state index in [4.69, 9.17) is 19.6 Å². The highest BCUT2D eigenvalue weighted by Crippen LogP contribution is 2.39. The summed E-state index contributed by atoms with van der Waals surface area (Å²) in [4.78, 5) is 18.4. The van der Waals surface area contributed by atoms with Crippen LogP contribution in [0.15, 0.2) is 83.1 Å². The quantitative estimate of drug-likeness (QED) is 0.241. The van der Waals surface area contributed by atoms with Gasteiger partial charge in [-0.05, 0) is 29.6 Å². The molecule has 0 radical (unpaired) electrons. The number of aryl methyl sites for hydroxylation is 1. The van der Waals surface area contributed by atoms with Crippen LogP contribution in [-0.2, 0) is 16.0 Å². The van der Waals surface area contributed by atoms with Crippen LogP contribution >= 0.6 is 11.3 Å². The standard InChI is InChI=1S/C26H24N2O4S/c1-3-14-30-26(29)24(17-9-6-5-7-10-17)32-25-23(27)19(21-13-12-18(4-2)31-21)16-20(28-25)22-11-8-15-33-22/h3,5-13,15-16,24H,1,4,14,27H2,2H3. The number of hydrogen-bond acceptors (Lipinski definition) is 7. The topological polar surface area (TPSA) is 87.6 Å². The highest BCUT2D eigenvalue weighted by Gasteiger charge is 2.27. The zero-order chi connectivity index (χ0) is 23.2. The van der Waals surface area contributed by atoms with Crippen molar-refractivity contribution in [3.8, 4) is 27.8 Å². The maximum atomic E-state index is 12.8. The molecule has 0 bridgehead atoms. The number of nitrogens with two attached hydrogens (primary N) is 1. The zero-order valence-corrected chi connectivity index (χ0v) is 19.0. The molecule has 0 amide bonds. The maximum absolute atomic E-state index is 12.8. The van der Waals surface area contributed by atoms with Crippen molar-refractivity contribution in [2.24, 2.45) is 0 Å². The number of thiophene rings is 1. The van der Waals surface area contributed by atoms with E-state index in [0.717, 1.165) is 17.1 Å². The van der Waals surface area contributed by atoms with Gasteiger partial charge in [0.25, 0.3) is 0 Å². The summed E-state index contributed by atoms with van der Waals surface area (Å²) in [7, 11) is 0. The van der Waals surface area contributed by atoms with E-state index in [1.165, 1.54) is 6.08 Å². The Morgan fingerprint density at radius 1 is 1.21 bits per heavy atom. The molecule has 1 aromatic carbocycles. The fourth-order valence-electron chi connectivity index (χ4n) is 3.30. The van der Waals surface area contributed by atoms with Crippen molar-refractivity contribution in [2.75, 3.05) is 12.3 Å². The zero-order valence-electron chi connectivity index (χ0n) is 18.2. The predicted molar refractivity (Wildman–Crippen MR) is 130 cm³/mol. The van der Waals surface area contributed by atoms with Crippen LogP contribution < -0.4 is 10.5 Å². The van der Waals surface area contributed by atoms with Crippen LogP contribution in [0, 0.1) is 0 Å². The first-order chi connectivity index (χ1) is 16.1. The van der Waals surface area contributed by atoms with E-state index in [1.807, 2.05) is 60.8 Å². The molecule has 3 heterocycles. The molecule has 2 N–H and O–H groups in total. The summed E-state index contributed by atoms with van der Waals surface area (Å²) in [5, 5.41) is 1.97. The second-order valence-corrected chi connectivity index (χ2v) is 8.15. The third kappa shape index (κ3) is 4.99. The second-order valence-electron chi connectivity index (χ2n) is 7.20. The van der Waals surface area contributed by atoms with Crippen molar-refractivity contribution in [3.05, 3.63) is 90.0 Å². The summed E-state index contributed by atoms with van der Waals surface area (Å²) in [6, 6.07) is 18.7. The second kappa shape index (κ2) is 10.2. The Morgan fingerprint density at radius 3 is 2.70 bits per heavy atom. The summed E-state index contributed by atoms with van der Waals surface area (Å²) in [5.74, 6) is 1.03. The lowest BCUT2D eigenvalue weighted by Gasteiger charge is -2.20. The maximum Gasteiger partial charge on any atom is 0.352 e. The van der Waals surface area contributed by atoms with Gasteiger partial charge in [-0.3, -0.25) is 0 Å². The third-order valence-corrected chi connectivity index (χ3v) is 5.85. The van der Waals surface area contributed by atoms with Crippen LogP contribution in [0.5, 0.6) is 5.88 Å². The van der Waals surface area contributed by atoms with E-state index in [9.17, 15) is 4.79 Å². The van der Waals surface area contributed by atoms with Gasteiger partial charge in [-0.1, -0.05) is 56.0 Å². The number of furan rings is 1. The molecule has 7 heteroatoms. The van der Waals surface area contributed by atoms with Gasteiger partial charge in [-0.2, -0.15) is 0 Å². The van der Waals surface area contributed by atoms with Crippen molar-refractivity contribution in [2.45, 2.75) is 19.4 Å². The summed E-state index contributed by atoms with van der Waals surface area (Å²) < 4.78 is 17.4. The van der Waals surface area contributed by atoms with Crippen LogP contribution in [0.1, 0.15) is 24.4 Å². The van der Waals surface area contributed by atoms with Gasteiger partial charge in [0.15, 0.2) is 0 Å². The molecule has 0 aliphatic carbocycles. The van der Waals surface area contributed by atoms with Crippen molar-refractivity contribution in [1.29, 1.82) is 0 Å². The summed E-state index contributed by atoms with van der Waals surface area (Å²) >= 11 is 1.54. The van der Waals surface area contributed by atoms with Crippen LogP contribution in [0.4, 0.5) is 5.69 Å². The molecule has 6 nitrogen and oxygen atoms in total. The number of carbonyl (C=O) groups is 1. The first kappa shape index (κ1) is 22.4. The van der Waals surface area contributed by atoms with E-state index in [0.29, 0.717) is 22.6 Å². The van der Waals surface area contributed by atoms with Gasteiger partial charge in [-0.25, -0.2) is 9.78 Å². The minimum Gasteiger partial charge on any atom is -0.461 e. The molecule has 4 aromatic rings. The Kier molecular flexibility index (Phi) is 6.90. The number of aromatic nitrogens is 1. The molecule has 0 spiro atoms. The summed E-state index contributed by atoms with van der Waals surface area (Å²) in [6.07, 6.45) is 1.22. The fourth-order valence-corrected chi connectivity index (χ4v) is 3.98. The van der Waals surface area contributed by atoms with E-state index < -0.39 is 12.1 Å². The Bertz CT molecular complexity index is 1230. The number of nitrogens with zero attached hydrogens (tertiary/aromatic N) is 1. The van der Waals surface area contributed by atoms with Crippen LogP contribution in [0.3, 0.4) is 0 Å². The molecular formula is C26H24N2O4S. The smallest absolute Gasteiger partial charge is 0.352 e. The van der Waals surface area contributed by atoms with Crippen molar-refractivity contribution in [1.82, 2.24) is 4.98 Å². The van der Waals surface area contributed by atoms with Crippen molar-refractivity contribution < 1.29 is 18.7 Å². The Labute approximate surface area is 196 Å². The predicted octanol–water partition coefficient (Wildman–Crippen LogP) is 6.06. The molecule has 3 aromatic heterocycles. The molecule has 0 aliphatic rings. The molecule has 33 heavy (non-hydrogen) atoms. The highest BCUT2D eigenvalue weighted by atomic mass is 32.1. The van der Waals surface area contributed by atoms with Gasteiger partial charge in [0.1, 0.15) is 23.8 Å². The minimum atomic E-state index is -1.05. The molecule has 1 atom stereocenters. The van der Waals surface area contributed by atoms with Crippen LogP contribution in [0.2, 0.25) is 0 Å². The fraction of sp³-hybridized carbons (Fsp3) is 0.154. The number of rotatable bonds is 9. The summed E-state index contributed by atoms with van der Waals surface area (Å²) in [5.41, 5.74) is 8.73. The number of carbonyl (C=O) groups excluding carboxylic acids is 1. The Morgan fingerprint density at radius 2 is 2.03 bits per heavy atom. The molecule has 0 fully saturated rings. The molecule has 0 saturated heterocycles. The van der Waals surface area contributed by atoms with Crippen LogP contribution in [0.25, 0.3) is 21.9 Å². The summed E-state index contributed by atoms with van der Waals surface area (Å²) in [6.45, 7) is 5.69. The SMILES string of the molecule is C=CCOC(=O)C(Oc1nc(-c2cccs2)cc(-c2ccc(CC)o2)c1N)c1ccccc1. The number of nitrogen functional groups attached to an aromatic ring is 1. The van der Waals surface area contributed by atoms with Gasteiger partial charge >= 0.3 is 5.97 Å². The number of anilines is 1. The molecule has 4 rings (SSSR count). The monoisotopic (exact) mass is 460 g/mol. The van der Waals surface area contributed by atoms with E-state index >= 15 is 0 Å². The number of ether oxygens (including phenoxy) is 2. The lowest BCUT2D eigenvalue weighted by atomic mass is 10.1. The van der Waals surface area contributed by atoms with E-state index in [-0.39, 0.29) is 18.2 Å². The van der Waals surface area contributed by atoms with Gasteiger partial charge in [0, 0.05) is 17.5 Å². The Balaban J connectivity index is 1.80. The first-order valence-corrected chi connectivity index (χ1v) is 11.4. The molecule has 1 unspecified atom stereocenters. The average Bonchev–Trinajstić information content (AvgIpc) is 3.55. The average molecular weight is 461 g/mol.